The van der Waals surface area contributed by atoms with E-state index in [0.29, 0.717) is 17.8 Å². The predicted molar refractivity (Wildman–Crippen MR) is 58.9 cm³/mol. The maximum atomic E-state index is 9.39. The van der Waals surface area contributed by atoms with Gasteiger partial charge >= 0.3 is 0 Å². The smallest absolute Gasteiger partial charge is 0.115 e. The molecule has 0 saturated carbocycles. The van der Waals surface area contributed by atoms with Crippen molar-refractivity contribution in [2.24, 2.45) is 0 Å². The lowest BCUT2D eigenvalue weighted by atomic mass is 10.1. The molecule has 1 saturated heterocycles. The lowest BCUT2D eigenvalue weighted by molar-refractivity contribution is 0.172. The van der Waals surface area contributed by atoms with E-state index in [0.717, 1.165) is 25.0 Å². The van der Waals surface area contributed by atoms with Crippen molar-refractivity contribution in [1.82, 2.24) is 5.32 Å². The second kappa shape index (κ2) is 4.64. The summed E-state index contributed by atoms with van der Waals surface area (Å²) in [4.78, 5) is 0. The van der Waals surface area contributed by atoms with Crippen molar-refractivity contribution in [3.8, 4) is 5.75 Å². The number of methoxy groups -OCH3 is 1. The number of rotatable bonds is 3. The Labute approximate surface area is 90.1 Å². The molecule has 1 aliphatic heterocycles. The molecule has 1 aromatic carbocycles. The first-order chi connectivity index (χ1) is 7.29. The summed E-state index contributed by atoms with van der Waals surface area (Å²) in [5, 5.41) is 12.9. The molecule has 1 fully saturated rings. The maximum absolute atomic E-state index is 9.39. The van der Waals surface area contributed by atoms with E-state index in [9.17, 15) is 5.11 Å². The van der Waals surface area contributed by atoms with Crippen molar-refractivity contribution in [2.45, 2.75) is 24.9 Å². The summed E-state index contributed by atoms with van der Waals surface area (Å²) in [6.07, 6.45) is 2.24. The van der Waals surface area contributed by atoms with Crippen LogP contribution >= 0.6 is 0 Å². The molecule has 3 nitrogen and oxygen atoms in total. The minimum Gasteiger partial charge on any atom is -0.508 e. The van der Waals surface area contributed by atoms with Gasteiger partial charge in [-0.15, -0.1) is 0 Å². The monoisotopic (exact) mass is 207 g/mol. The quantitative estimate of drug-likeness (QED) is 0.794. The van der Waals surface area contributed by atoms with Crippen LogP contribution in [0, 0.1) is 0 Å². The summed E-state index contributed by atoms with van der Waals surface area (Å²) in [5.74, 6) is 0.337. The first kappa shape index (κ1) is 10.5. The van der Waals surface area contributed by atoms with Crippen LogP contribution in [0.5, 0.6) is 5.75 Å². The van der Waals surface area contributed by atoms with Crippen molar-refractivity contribution in [3.63, 3.8) is 0 Å². The van der Waals surface area contributed by atoms with Crippen LogP contribution in [0.1, 0.15) is 24.4 Å². The van der Waals surface area contributed by atoms with Crippen LogP contribution in [0.4, 0.5) is 0 Å². The van der Waals surface area contributed by atoms with E-state index in [1.54, 1.807) is 13.2 Å². The molecule has 2 rings (SSSR count). The van der Waals surface area contributed by atoms with E-state index in [2.05, 4.69) is 5.32 Å². The molecule has 0 aromatic heterocycles. The fourth-order valence-electron chi connectivity index (χ4n) is 2.16. The maximum Gasteiger partial charge on any atom is 0.115 e. The Kier molecular flexibility index (Phi) is 3.23. The molecule has 1 aromatic rings. The van der Waals surface area contributed by atoms with Gasteiger partial charge in [0.25, 0.3) is 0 Å². The van der Waals surface area contributed by atoms with E-state index in [-0.39, 0.29) is 0 Å². The van der Waals surface area contributed by atoms with E-state index in [4.69, 9.17) is 4.74 Å². The molecule has 0 radical (unpaired) electrons. The Bertz CT molecular complexity index is 327. The fraction of sp³-hybridized carbons (Fsp3) is 0.500. The minimum absolute atomic E-state index is 0.337. The van der Waals surface area contributed by atoms with Crippen LogP contribution in [-0.2, 0) is 4.74 Å². The number of benzene rings is 1. The van der Waals surface area contributed by atoms with E-state index < -0.39 is 0 Å². The number of phenols is 1. The van der Waals surface area contributed by atoms with Crippen LogP contribution in [0.15, 0.2) is 24.3 Å². The number of ether oxygens (including phenoxy) is 1. The van der Waals surface area contributed by atoms with Gasteiger partial charge in [-0.3, -0.25) is 0 Å². The molecule has 3 heteroatoms. The molecule has 0 aliphatic carbocycles. The lowest BCUT2D eigenvalue weighted by Gasteiger charge is -2.14. The molecule has 2 unspecified atom stereocenters. The van der Waals surface area contributed by atoms with Gasteiger partial charge in [-0.1, -0.05) is 12.1 Å². The highest BCUT2D eigenvalue weighted by Gasteiger charge is 2.24. The number of nitrogens with one attached hydrogen (secondary N) is 1. The molecule has 0 spiro atoms. The van der Waals surface area contributed by atoms with Crippen molar-refractivity contribution >= 4 is 0 Å². The van der Waals surface area contributed by atoms with Crippen LogP contribution in [0.2, 0.25) is 0 Å². The summed E-state index contributed by atoms with van der Waals surface area (Å²) in [6.45, 7) is 0.759. The zero-order valence-corrected chi connectivity index (χ0v) is 8.94. The lowest BCUT2D eigenvalue weighted by Crippen LogP contribution is -2.28. The van der Waals surface area contributed by atoms with Crippen LogP contribution < -0.4 is 5.32 Å². The summed E-state index contributed by atoms with van der Waals surface area (Å²) in [6, 6.07) is 8.26. The van der Waals surface area contributed by atoms with Crippen LogP contribution in [-0.4, -0.2) is 24.9 Å². The van der Waals surface area contributed by atoms with Gasteiger partial charge in [-0.05, 0) is 30.5 Å². The molecule has 0 bridgehead atoms. The Morgan fingerprint density at radius 1 is 1.47 bits per heavy atom. The Balaban J connectivity index is 2.01. The van der Waals surface area contributed by atoms with Gasteiger partial charge in [0.15, 0.2) is 0 Å². The molecule has 2 atom stereocenters. The highest BCUT2D eigenvalue weighted by molar-refractivity contribution is 5.30. The van der Waals surface area contributed by atoms with Crippen molar-refractivity contribution in [1.29, 1.82) is 0 Å². The Morgan fingerprint density at radius 2 is 2.33 bits per heavy atom. The van der Waals surface area contributed by atoms with Gasteiger partial charge in [0, 0.05) is 19.2 Å². The number of hydrogen-bond donors (Lipinski definition) is 2. The zero-order chi connectivity index (χ0) is 10.7. The van der Waals surface area contributed by atoms with E-state index in [1.807, 2.05) is 18.2 Å². The van der Waals surface area contributed by atoms with Crippen molar-refractivity contribution in [3.05, 3.63) is 29.8 Å². The molecular formula is C12H17NO2. The van der Waals surface area contributed by atoms with Gasteiger partial charge in [0.05, 0.1) is 6.61 Å². The predicted octanol–water partition coefficient (Wildman–Crippen LogP) is 1.83. The third-order valence-corrected chi connectivity index (χ3v) is 2.88. The highest BCUT2D eigenvalue weighted by atomic mass is 16.5. The third-order valence-electron chi connectivity index (χ3n) is 2.88. The average Bonchev–Trinajstić information content (AvgIpc) is 2.67. The zero-order valence-electron chi connectivity index (χ0n) is 8.94. The van der Waals surface area contributed by atoms with Crippen LogP contribution in [0.25, 0.3) is 0 Å². The molecular weight excluding hydrogens is 190 g/mol. The summed E-state index contributed by atoms with van der Waals surface area (Å²) >= 11 is 0. The van der Waals surface area contributed by atoms with Crippen molar-refractivity contribution < 1.29 is 9.84 Å². The van der Waals surface area contributed by atoms with Gasteiger partial charge in [-0.2, -0.15) is 0 Å². The second-order valence-electron chi connectivity index (χ2n) is 4.04. The number of phenolic OH excluding ortho intramolecular Hbond substituents is 1. The first-order valence-electron chi connectivity index (χ1n) is 5.33. The number of hydrogen-bond acceptors (Lipinski definition) is 3. The fourth-order valence-corrected chi connectivity index (χ4v) is 2.16. The normalized spacial score (nSPS) is 25.7. The Hall–Kier alpha value is -1.06. The summed E-state index contributed by atoms with van der Waals surface area (Å²) in [7, 11) is 1.73. The summed E-state index contributed by atoms with van der Waals surface area (Å²) < 4.78 is 5.12. The number of aromatic hydroxyl groups is 1. The second-order valence-corrected chi connectivity index (χ2v) is 4.04. The van der Waals surface area contributed by atoms with Gasteiger partial charge in [0.2, 0.25) is 0 Å². The molecule has 1 aliphatic rings. The molecule has 0 amide bonds. The molecule has 82 valence electrons. The van der Waals surface area contributed by atoms with Gasteiger partial charge in [0.1, 0.15) is 5.75 Å². The van der Waals surface area contributed by atoms with E-state index in [1.165, 1.54) is 0 Å². The largest absolute Gasteiger partial charge is 0.508 e. The average molecular weight is 207 g/mol. The molecule has 2 N–H and O–H groups in total. The van der Waals surface area contributed by atoms with E-state index >= 15 is 0 Å². The first-order valence-corrected chi connectivity index (χ1v) is 5.33. The topological polar surface area (TPSA) is 41.5 Å². The van der Waals surface area contributed by atoms with Gasteiger partial charge in [-0.25, -0.2) is 0 Å². The third kappa shape index (κ3) is 2.49. The highest BCUT2D eigenvalue weighted by Crippen LogP contribution is 2.28. The summed E-state index contributed by atoms with van der Waals surface area (Å²) in [5.41, 5.74) is 1.16. The minimum atomic E-state index is 0.337. The van der Waals surface area contributed by atoms with Crippen LogP contribution in [0.3, 0.4) is 0 Å². The van der Waals surface area contributed by atoms with Crippen molar-refractivity contribution in [2.75, 3.05) is 13.7 Å². The SMILES string of the molecule is COCC1CCC(c2cccc(O)c2)N1. The Morgan fingerprint density at radius 3 is 3.07 bits per heavy atom. The standard InChI is InChI=1S/C12H17NO2/c1-15-8-10-5-6-12(13-10)9-3-2-4-11(14)7-9/h2-4,7,10,12-14H,5-6,8H2,1H3. The molecule has 1 heterocycles. The van der Waals surface area contributed by atoms with Gasteiger partial charge < -0.3 is 15.2 Å². The molecule has 15 heavy (non-hydrogen) atoms.